The van der Waals surface area contributed by atoms with Crippen molar-refractivity contribution >= 4 is 34.3 Å². The van der Waals surface area contributed by atoms with Crippen molar-refractivity contribution < 1.29 is 19.8 Å². The Labute approximate surface area is 106 Å². The van der Waals surface area contributed by atoms with E-state index in [2.05, 4.69) is 0 Å². The lowest BCUT2D eigenvalue weighted by molar-refractivity contribution is -0.146. The van der Waals surface area contributed by atoms with E-state index in [0.29, 0.717) is 12.0 Å². The van der Waals surface area contributed by atoms with Crippen LogP contribution in [-0.2, 0) is 4.79 Å². The Hall–Kier alpha value is -0.950. The molecule has 1 rings (SSSR count). The molecule has 0 heterocycles. The Morgan fingerprint density at radius 1 is 1.38 bits per heavy atom. The summed E-state index contributed by atoms with van der Waals surface area (Å²) in [6.07, 6.45) is -1.24. The number of hydrogen-bond acceptors (Lipinski definition) is 3. The molecule has 1 atom stereocenters. The summed E-state index contributed by atoms with van der Waals surface area (Å²) in [5.74, 6) is -1.39. The van der Waals surface area contributed by atoms with E-state index in [4.69, 9.17) is 5.11 Å². The van der Waals surface area contributed by atoms with E-state index in [9.17, 15) is 14.7 Å². The first-order chi connectivity index (χ1) is 7.45. The zero-order valence-electron chi connectivity index (χ0n) is 8.61. The molecular weight excluding hydrogens is 323 g/mol. The van der Waals surface area contributed by atoms with E-state index in [0.717, 1.165) is 3.57 Å². The van der Waals surface area contributed by atoms with Crippen LogP contribution in [0, 0.1) is 3.57 Å². The maximum atomic E-state index is 11.5. The molecule has 1 unspecified atom stereocenters. The Morgan fingerprint density at radius 3 is 2.50 bits per heavy atom. The minimum absolute atomic E-state index is 0.0719. The van der Waals surface area contributed by atoms with Crippen molar-refractivity contribution in [2.45, 2.75) is 19.4 Å². The lowest BCUT2D eigenvalue weighted by atomic mass is 10.0. The summed E-state index contributed by atoms with van der Waals surface area (Å²) in [5.41, 5.74) is 0.668. The van der Waals surface area contributed by atoms with Gasteiger partial charge < -0.3 is 10.2 Å². The molecule has 16 heavy (non-hydrogen) atoms. The predicted molar refractivity (Wildman–Crippen MR) is 66.4 cm³/mol. The molecule has 0 spiro atoms. The van der Waals surface area contributed by atoms with Crippen molar-refractivity contribution in [3.8, 4) is 0 Å². The van der Waals surface area contributed by atoms with Crippen molar-refractivity contribution in [2.24, 2.45) is 0 Å². The number of benzene rings is 1. The van der Waals surface area contributed by atoms with E-state index in [1.807, 2.05) is 22.6 Å². The predicted octanol–water partition coefficient (Wildman–Crippen LogP) is 2.00. The summed E-state index contributed by atoms with van der Waals surface area (Å²) in [6.45, 7) is 1.73. The quantitative estimate of drug-likeness (QED) is 0.652. The highest BCUT2D eigenvalue weighted by molar-refractivity contribution is 14.1. The molecule has 0 bridgehead atoms. The zero-order chi connectivity index (χ0) is 12.3. The monoisotopic (exact) mass is 334 g/mol. The topological polar surface area (TPSA) is 74.6 Å². The van der Waals surface area contributed by atoms with Gasteiger partial charge in [-0.3, -0.25) is 4.79 Å². The van der Waals surface area contributed by atoms with E-state index >= 15 is 0 Å². The Balaban J connectivity index is 3.17. The first-order valence-corrected chi connectivity index (χ1v) is 5.78. The second kappa shape index (κ2) is 5.40. The molecule has 0 fully saturated rings. The fourth-order valence-electron chi connectivity index (χ4n) is 1.28. The molecular formula is C11H11IO4. The van der Waals surface area contributed by atoms with Crippen molar-refractivity contribution in [3.63, 3.8) is 0 Å². The highest BCUT2D eigenvalue weighted by Crippen LogP contribution is 2.20. The third-order valence-corrected chi connectivity index (χ3v) is 2.74. The summed E-state index contributed by atoms with van der Waals surface area (Å²) in [7, 11) is 0. The number of aliphatic hydroxyl groups excluding tert-OH is 1. The number of halogens is 1. The van der Waals surface area contributed by atoms with Gasteiger partial charge in [0, 0.05) is 15.6 Å². The normalized spacial score (nSPS) is 12.2. The van der Waals surface area contributed by atoms with Crippen LogP contribution in [0.2, 0.25) is 0 Å². The minimum atomic E-state index is -1.59. The standard InChI is InChI=1S/C11H11IO4/c1-2-9(13)6-3-7(5-8(12)4-6)10(14)11(15)16/h3-5,10,14H,2H2,1H3,(H,15,16). The fraction of sp³-hybridized carbons (Fsp3) is 0.273. The molecule has 0 saturated carbocycles. The van der Waals surface area contributed by atoms with E-state index in [1.165, 1.54) is 6.07 Å². The number of carbonyl (C=O) groups is 2. The van der Waals surface area contributed by atoms with Gasteiger partial charge >= 0.3 is 5.97 Å². The Morgan fingerprint density at radius 2 is 2.00 bits per heavy atom. The number of rotatable bonds is 4. The van der Waals surface area contributed by atoms with Crippen molar-refractivity contribution in [1.82, 2.24) is 0 Å². The van der Waals surface area contributed by atoms with Crippen molar-refractivity contribution in [2.75, 3.05) is 0 Å². The Kier molecular flexibility index (Phi) is 4.43. The number of aliphatic carboxylic acids is 1. The van der Waals surface area contributed by atoms with Gasteiger partial charge in [0.1, 0.15) is 0 Å². The van der Waals surface area contributed by atoms with Crippen LogP contribution in [0.5, 0.6) is 0 Å². The molecule has 0 saturated heterocycles. The number of carbonyl (C=O) groups excluding carboxylic acids is 1. The molecule has 2 N–H and O–H groups in total. The summed E-state index contributed by atoms with van der Waals surface area (Å²) in [5, 5.41) is 18.1. The minimum Gasteiger partial charge on any atom is -0.479 e. The summed E-state index contributed by atoms with van der Waals surface area (Å²) in [4.78, 5) is 22.1. The molecule has 5 heteroatoms. The van der Waals surface area contributed by atoms with Gasteiger partial charge in [0.15, 0.2) is 11.9 Å². The average molecular weight is 334 g/mol. The molecule has 1 aromatic rings. The van der Waals surface area contributed by atoms with Crippen molar-refractivity contribution in [3.05, 3.63) is 32.9 Å². The van der Waals surface area contributed by atoms with Gasteiger partial charge in [-0.1, -0.05) is 6.92 Å². The largest absolute Gasteiger partial charge is 0.479 e. The second-order valence-corrected chi connectivity index (χ2v) is 4.54. The first-order valence-electron chi connectivity index (χ1n) is 4.70. The van der Waals surface area contributed by atoms with Crippen molar-refractivity contribution in [1.29, 1.82) is 0 Å². The van der Waals surface area contributed by atoms with Crippen LogP contribution in [-0.4, -0.2) is 22.0 Å². The molecule has 0 aliphatic rings. The van der Waals surface area contributed by atoms with E-state index < -0.39 is 12.1 Å². The molecule has 4 nitrogen and oxygen atoms in total. The van der Waals surface area contributed by atoms with Crippen LogP contribution in [0.3, 0.4) is 0 Å². The number of carboxylic acid groups (broad SMARTS) is 1. The van der Waals surface area contributed by atoms with Crippen LogP contribution in [0.4, 0.5) is 0 Å². The average Bonchev–Trinajstić information content (AvgIpc) is 2.25. The van der Waals surface area contributed by atoms with Crippen LogP contribution < -0.4 is 0 Å². The number of carboxylic acids is 1. The lowest BCUT2D eigenvalue weighted by Gasteiger charge is -2.08. The zero-order valence-corrected chi connectivity index (χ0v) is 10.8. The van der Waals surface area contributed by atoms with Gasteiger partial charge in [0.25, 0.3) is 0 Å². The molecule has 0 amide bonds. The first kappa shape index (κ1) is 13.1. The smallest absolute Gasteiger partial charge is 0.337 e. The summed E-state index contributed by atoms with van der Waals surface area (Å²) in [6, 6.07) is 4.64. The number of aliphatic hydroxyl groups is 1. The third-order valence-electron chi connectivity index (χ3n) is 2.11. The van der Waals surface area contributed by atoms with Crippen LogP contribution in [0.25, 0.3) is 0 Å². The van der Waals surface area contributed by atoms with Gasteiger partial charge in [-0.2, -0.15) is 0 Å². The molecule has 0 aliphatic heterocycles. The molecule has 1 aromatic carbocycles. The van der Waals surface area contributed by atoms with E-state index in [1.54, 1.807) is 19.1 Å². The summed E-state index contributed by atoms with van der Waals surface area (Å²) >= 11 is 1.98. The number of ketones is 1. The van der Waals surface area contributed by atoms with Gasteiger partial charge in [0.05, 0.1) is 0 Å². The van der Waals surface area contributed by atoms with Crippen LogP contribution in [0.1, 0.15) is 35.4 Å². The van der Waals surface area contributed by atoms with Crippen LogP contribution in [0.15, 0.2) is 18.2 Å². The van der Waals surface area contributed by atoms with Gasteiger partial charge in [0.2, 0.25) is 0 Å². The van der Waals surface area contributed by atoms with Gasteiger partial charge in [-0.15, -0.1) is 0 Å². The fourth-order valence-corrected chi connectivity index (χ4v) is 1.97. The Bertz CT molecular complexity index is 428. The number of hydrogen-bond donors (Lipinski definition) is 2. The molecule has 0 radical (unpaired) electrons. The molecule has 86 valence electrons. The SMILES string of the molecule is CCC(=O)c1cc(I)cc(C(O)C(=O)O)c1. The summed E-state index contributed by atoms with van der Waals surface area (Å²) < 4.78 is 0.729. The highest BCUT2D eigenvalue weighted by Gasteiger charge is 2.18. The lowest BCUT2D eigenvalue weighted by Crippen LogP contribution is -2.11. The number of Topliss-reactive ketones (excluding diaryl/α,β-unsaturated/α-hetero) is 1. The van der Waals surface area contributed by atoms with Crippen LogP contribution >= 0.6 is 22.6 Å². The second-order valence-electron chi connectivity index (χ2n) is 3.29. The maximum absolute atomic E-state index is 11.5. The third kappa shape index (κ3) is 3.02. The maximum Gasteiger partial charge on any atom is 0.337 e. The molecule has 0 aliphatic carbocycles. The van der Waals surface area contributed by atoms with Gasteiger partial charge in [-0.25, -0.2) is 4.79 Å². The molecule has 0 aromatic heterocycles. The van der Waals surface area contributed by atoms with Gasteiger partial charge in [-0.05, 0) is 46.4 Å². The highest BCUT2D eigenvalue weighted by atomic mass is 127. The van der Waals surface area contributed by atoms with E-state index in [-0.39, 0.29) is 11.3 Å².